The van der Waals surface area contributed by atoms with Crippen molar-refractivity contribution in [3.05, 3.63) is 0 Å². The maximum atomic E-state index is 11.2. The summed E-state index contributed by atoms with van der Waals surface area (Å²) in [6, 6.07) is -0.241. The van der Waals surface area contributed by atoms with Crippen LogP contribution in [0.15, 0.2) is 0 Å². The Hall–Kier alpha value is -0.610. The average Bonchev–Trinajstić information content (AvgIpc) is 2.27. The molecule has 0 aliphatic carbocycles. The second kappa shape index (κ2) is 8.53. The molecule has 0 saturated carbocycles. The fourth-order valence-corrected chi connectivity index (χ4v) is 1.73. The Balaban J connectivity index is 4.59. The minimum absolute atomic E-state index is 0.253. The summed E-state index contributed by atoms with van der Waals surface area (Å²) in [6.07, 6.45) is 3.06. The van der Waals surface area contributed by atoms with Crippen LogP contribution in [-0.4, -0.2) is 48.3 Å². The van der Waals surface area contributed by atoms with E-state index in [-0.39, 0.29) is 12.6 Å². The van der Waals surface area contributed by atoms with Crippen molar-refractivity contribution in [3.8, 4) is 0 Å². The van der Waals surface area contributed by atoms with Crippen molar-refractivity contribution in [1.82, 2.24) is 4.90 Å². The van der Waals surface area contributed by atoms with Crippen LogP contribution in [0.1, 0.15) is 40.0 Å². The average molecular weight is 231 g/mol. The Kier molecular flexibility index (Phi) is 8.21. The molecule has 4 nitrogen and oxygen atoms in total. The van der Waals surface area contributed by atoms with E-state index in [9.17, 15) is 9.90 Å². The summed E-state index contributed by atoms with van der Waals surface area (Å²) in [7, 11) is 1.55. The first kappa shape index (κ1) is 15.4. The molecule has 0 spiro atoms. The molecule has 0 aliphatic heterocycles. The van der Waals surface area contributed by atoms with Crippen molar-refractivity contribution in [1.29, 1.82) is 0 Å². The zero-order chi connectivity index (χ0) is 12.6. The van der Waals surface area contributed by atoms with Crippen molar-refractivity contribution >= 4 is 5.97 Å². The van der Waals surface area contributed by atoms with Gasteiger partial charge in [-0.3, -0.25) is 9.69 Å². The van der Waals surface area contributed by atoms with E-state index in [0.717, 1.165) is 25.8 Å². The third-order valence-electron chi connectivity index (χ3n) is 2.94. The molecule has 0 saturated heterocycles. The van der Waals surface area contributed by atoms with E-state index in [1.54, 1.807) is 7.11 Å². The number of methoxy groups -OCH3 is 1. The number of carbonyl (C=O) groups is 1. The van der Waals surface area contributed by atoms with E-state index in [2.05, 4.69) is 20.8 Å². The number of nitrogens with zero attached hydrogens (tertiary/aromatic N) is 1. The van der Waals surface area contributed by atoms with Gasteiger partial charge in [0.1, 0.15) is 6.04 Å². The monoisotopic (exact) mass is 231 g/mol. The van der Waals surface area contributed by atoms with Crippen molar-refractivity contribution in [2.45, 2.75) is 52.1 Å². The first-order valence-electron chi connectivity index (χ1n) is 6.05. The van der Waals surface area contributed by atoms with Gasteiger partial charge in [-0.1, -0.05) is 20.3 Å². The van der Waals surface area contributed by atoms with Gasteiger partial charge in [0.05, 0.1) is 6.61 Å². The molecule has 4 heteroatoms. The fraction of sp³-hybridized carbons (Fsp3) is 0.917. The lowest BCUT2D eigenvalue weighted by molar-refractivity contribution is -0.146. The van der Waals surface area contributed by atoms with Crippen molar-refractivity contribution < 1.29 is 14.6 Å². The zero-order valence-corrected chi connectivity index (χ0v) is 10.9. The molecule has 0 heterocycles. The van der Waals surface area contributed by atoms with Crippen LogP contribution in [0.2, 0.25) is 0 Å². The van der Waals surface area contributed by atoms with Gasteiger partial charge in [-0.2, -0.15) is 0 Å². The molecule has 0 aliphatic rings. The second-order valence-corrected chi connectivity index (χ2v) is 4.16. The first-order valence-corrected chi connectivity index (χ1v) is 6.05. The third-order valence-corrected chi connectivity index (χ3v) is 2.94. The molecule has 0 aromatic rings. The number of ether oxygens (including phenoxy) is 1. The summed E-state index contributed by atoms with van der Waals surface area (Å²) in [5.41, 5.74) is 0. The highest BCUT2D eigenvalue weighted by Crippen LogP contribution is 2.11. The van der Waals surface area contributed by atoms with E-state index in [4.69, 9.17) is 4.74 Å². The lowest BCUT2D eigenvalue weighted by Crippen LogP contribution is -2.49. The van der Waals surface area contributed by atoms with Crippen molar-refractivity contribution in [3.63, 3.8) is 0 Å². The normalized spacial score (nSPS) is 15.1. The Bertz CT molecular complexity index is 197. The van der Waals surface area contributed by atoms with Gasteiger partial charge in [0, 0.05) is 13.2 Å². The Morgan fingerprint density at radius 2 is 2.06 bits per heavy atom. The highest BCUT2D eigenvalue weighted by atomic mass is 16.5. The summed E-state index contributed by atoms with van der Waals surface area (Å²) in [6.45, 7) is 7.34. The highest BCUT2D eigenvalue weighted by Gasteiger charge is 2.27. The van der Waals surface area contributed by atoms with Crippen LogP contribution in [0, 0.1) is 0 Å². The van der Waals surface area contributed by atoms with Gasteiger partial charge in [0.25, 0.3) is 0 Å². The summed E-state index contributed by atoms with van der Waals surface area (Å²) in [5, 5.41) is 9.20. The molecule has 1 N–H and O–H groups in total. The smallest absolute Gasteiger partial charge is 0.323 e. The molecule has 96 valence electrons. The third kappa shape index (κ3) is 4.94. The van der Waals surface area contributed by atoms with Gasteiger partial charge in [0.15, 0.2) is 0 Å². The maximum Gasteiger partial charge on any atom is 0.323 e. The standard InChI is InChI=1S/C12H25NO3/c1-5-7-8-13(10(3)6-2)11(9-16-4)12(14)15/h10-11H,5-9H2,1-4H3,(H,14,15). The number of hydrogen-bond acceptors (Lipinski definition) is 3. The molecule has 0 aromatic heterocycles. The number of carboxylic acids is 1. The first-order chi connectivity index (χ1) is 7.58. The van der Waals surface area contributed by atoms with Crippen LogP contribution in [0.3, 0.4) is 0 Å². The number of carboxylic acid groups (broad SMARTS) is 1. The Morgan fingerprint density at radius 1 is 1.44 bits per heavy atom. The van der Waals surface area contributed by atoms with Gasteiger partial charge in [-0.05, 0) is 26.3 Å². The van der Waals surface area contributed by atoms with Crippen molar-refractivity contribution in [2.24, 2.45) is 0 Å². The molecule has 2 atom stereocenters. The fourth-order valence-electron chi connectivity index (χ4n) is 1.73. The molecule has 0 amide bonds. The van der Waals surface area contributed by atoms with Gasteiger partial charge < -0.3 is 9.84 Å². The van der Waals surface area contributed by atoms with Crippen LogP contribution in [-0.2, 0) is 9.53 Å². The number of aliphatic carboxylic acids is 1. The summed E-state index contributed by atoms with van der Waals surface area (Å²) >= 11 is 0. The van der Waals surface area contributed by atoms with Crippen LogP contribution in [0.25, 0.3) is 0 Å². The van der Waals surface area contributed by atoms with Crippen LogP contribution < -0.4 is 0 Å². The maximum absolute atomic E-state index is 11.2. The van der Waals surface area contributed by atoms with Crippen LogP contribution in [0.5, 0.6) is 0 Å². The lowest BCUT2D eigenvalue weighted by Gasteiger charge is -2.33. The Labute approximate surface area is 98.6 Å². The zero-order valence-electron chi connectivity index (χ0n) is 10.9. The van der Waals surface area contributed by atoms with E-state index in [1.165, 1.54) is 0 Å². The SMILES string of the molecule is CCCCN(C(C)CC)C(COC)C(=O)O. The minimum atomic E-state index is -0.793. The van der Waals surface area contributed by atoms with Crippen LogP contribution in [0.4, 0.5) is 0 Å². The van der Waals surface area contributed by atoms with Crippen LogP contribution >= 0.6 is 0 Å². The predicted molar refractivity (Wildman–Crippen MR) is 64.7 cm³/mol. The van der Waals surface area contributed by atoms with Crippen molar-refractivity contribution in [2.75, 3.05) is 20.3 Å². The lowest BCUT2D eigenvalue weighted by atomic mass is 10.1. The summed E-state index contributed by atoms with van der Waals surface area (Å²) < 4.78 is 5.00. The molecule has 0 rings (SSSR count). The summed E-state index contributed by atoms with van der Waals surface area (Å²) in [5.74, 6) is -0.793. The number of hydrogen-bond donors (Lipinski definition) is 1. The predicted octanol–water partition coefficient (Wildman–Crippen LogP) is 1.99. The van der Waals surface area contributed by atoms with Gasteiger partial charge in [-0.15, -0.1) is 0 Å². The quantitative estimate of drug-likeness (QED) is 0.659. The topological polar surface area (TPSA) is 49.8 Å². The summed E-state index contributed by atoms with van der Waals surface area (Å²) in [4.78, 5) is 13.2. The molecule has 0 fully saturated rings. The molecule has 0 aromatic carbocycles. The molecule has 0 bridgehead atoms. The largest absolute Gasteiger partial charge is 0.480 e. The Morgan fingerprint density at radius 3 is 2.44 bits per heavy atom. The van der Waals surface area contributed by atoms with Gasteiger partial charge in [-0.25, -0.2) is 0 Å². The van der Waals surface area contributed by atoms with E-state index < -0.39 is 12.0 Å². The van der Waals surface area contributed by atoms with E-state index in [0.29, 0.717) is 0 Å². The van der Waals surface area contributed by atoms with E-state index >= 15 is 0 Å². The molecule has 0 radical (unpaired) electrons. The number of rotatable bonds is 9. The minimum Gasteiger partial charge on any atom is -0.480 e. The highest BCUT2D eigenvalue weighted by molar-refractivity contribution is 5.73. The van der Waals surface area contributed by atoms with Gasteiger partial charge >= 0.3 is 5.97 Å². The van der Waals surface area contributed by atoms with E-state index in [1.807, 2.05) is 4.90 Å². The molecule has 16 heavy (non-hydrogen) atoms. The van der Waals surface area contributed by atoms with Gasteiger partial charge in [0.2, 0.25) is 0 Å². The second-order valence-electron chi connectivity index (χ2n) is 4.16. The molecule has 2 unspecified atom stereocenters. The number of unbranched alkanes of at least 4 members (excludes halogenated alkanes) is 1. The molecular weight excluding hydrogens is 206 g/mol. The molecular formula is C12H25NO3.